The van der Waals surface area contributed by atoms with Crippen molar-refractivity contribution in [1.82, 2.24) is 9.21 Å². The van der Waals surface area contributed by atoms with Crippen molar-refractivity contribution in [2.75, 3.05) is 38.1 Å². The molecule has 4 rings (SSSR count). The molecule has 0 aliphatic carbocycles. The first-order valence-electron chi connectivity index (χ1n) is 16.6. The van der Waals surface area contributed by atoms with Crippen LogP contribution in [0, 0.1) is 19.8 Å². The molecule has 2 N–H and O–H groups in total. The molecule has 3 aromatic rings. The predicted octanol–water partition coefficient (Wildman–Crippen LogP) is 5.22. The predicted molar refractivity (Wildman–Crippen MR) is 190 cm³/mol. The Hall–Kier alpha value is -3.49. The van der Waals surface area contributed by atoms with Gasteiger partial charge in [0.2, 0.25) is 10.0 Å². The highest BCUT2D eigenvalue weighted by molar-refractivity contribution is 7.92. The van der Waals surface area contributed by atoms with E-state index in [1.807, 2.05) is 27.7 Å². The summed E-state index contributed by atoms with van der Waals surface area (Å²) in [5.74, 6) is -0.529. The van der Waals surface area contributed by atoms with Crippen molar-refractivity contribution >= 4 is 31.6 Å². The van der Waals surface area contributed by atoms with E-state index in [2.05, 4.69) is 4.72 Å². The van der Waals surface area contributed by atoms with Crippen LogP contribution >= 0.6 is 0 Å². The minimum Gasteiger partial charge on any atom is -0.490 e. The third-order valence-corrected chi connectivity index (χ3v) is 12.0. The van der Waals surface area contributed by atoms with Gasteiger partial charge >= 0.3 is 0 Å². The maximum Gasteiger partial charge on any atom is 0.261 e. The summed E-state index contributed by atoms with van der Waals surface area (Å²) in [5, 5.41) is 10.2. The number of carbonyl (C=O) groups is 1. The van der Waals surface area contributed by atoms with Crippen molar-refractivity contribution in [3.05, 3.63) is 83.4 Å². The van der Waals surface area contributed by atoms with Gasteiger partial charge in [-0.3, -0.25) is 9.52 Å². The van der Waals surface area contributed by atoms with E-state index < -0.39 is 38.1 Å². The SMILES string of the molecule is Cc1ccc(S(=O)(=O)Nc2ccc3c(c2)C(=O)N([C@H](C)CO)C[C@@H](C)[C@@H](CN(C)S(=O)(=O)c2ccc(C)cc2)OCCCC[C@@H](C)O3)cc1. The van der Waals surface area contributed by atoms with E-state index in [4.69, 9.17) is 9.47 Å². The number of anilines is 1. The summed E-state index contributed by atoms with van der Waals surface area (Å²) in [7, 11) is -6.25. The van der Waals surface area contributed by atoms with Gasteiger partial charge in [0, 0.05) is 38.3 Å². The second-order valence-electron chi connectivity index (χ2n) is 13.0. The lowest BCUT2D eigenvalue weighted by Gasteiger charge is -2.35. The first kappa shape index (κ1) is 38.3. The summed E-state index contributed by atoms with van der Waals surface area (Å²) in [6, 6.07) is 17.1. The van der Waals surface area contributed by atoms with Crippen LogP contribution in [0.1, 0.15) is 61.5 Å². The molecule has 0 fully saturated rings. The maximum atomic E-state index is 14.4. The highest BCUT2D eigenvalue weighted by Crippen LogP contribution is 2.30. The standard InChI is InChI=1S/C36H49N3O8S2/c1-25-10-15-31(16-11-25)48(42,43)37-30-14-19-34-33(21-30)36(41)39(28(4)24-40)22-27(3)35(46-20-8-7-9-29(5)47-34)23-38(6)49(44,45)32-17-12-26(2)13-18-32/h10-19,21,27-29,35,37,40H,7-9,20,22-24H2,1-6H3/t27-,28-,29-,35-/m1/s1. The van der Waals surface area contributed by atoms with Crippen LogP contribution in [0.25, 0.3) is 0 Å². The number of likely N-dealkylation sites (N-methyl/N-ethyl adjacent to an activating group) is 1. The number of benzene rings is 3. The number of nitrogens with one attached hydrogen (secondary N) is 1. The Balaban J connectivity index is 1.67. The number of ether oxygens (including phenoxy) is 2. The Kier molecular flexibility index (Phi) is 12.9. The van der Waals surface area contributed by atoms with Gasteiger partial charge in [0.25, 0.3) is 15.9 Å². The molecule has 0 spiro atoms. The van der Waals surface area contributed by atoms with Crippen molar-refractivity contribution in [2.24, 2.45) is 5.92 Å². The molecule has 0 saturated carbocycles. The zero-order chi connectivity index (χ0) is 35.9. The van der Waals surface area contributed by atoms with Crippen LogP contribution in [0.4, 0.5) is 5.69 Å². The van der Waals surface area contributed by atoms with E-state index in [9.17, 15) is 26.7 Å². The van der Waals surface area contributed by atoms with Gasteiger partial charge in [-0.05, 0) is 89.4 Å². The number of nitrogens with zero attached hydrogens (tertiary/aromatic N) is 2. The van der Waals surface area contributed by atoms with Crippen molar-refractivity contribution in [1.29, 1.82) is 0 Å². The molecular formula is C36H49N3O8S2. The van der Waals surface area contributed by atoms with E-state index >= 15 is 0 Å². The summed E-state index contributed by atoms with van der Waals surface area (Å²) >= 11 is 0. The van der Waals surface area contributed by atoms with E-state index in [1.165, 1.54) is 34.5 Å². The molecule has 1 aliphatic heterocycles. The van der Waals surface area contributed by atoms with Gasteiger partial charge in [-0.15, -0.1) is 0 Å². The fourth-order valence-corrected chi connectivity index (χ4v) is 7.85. The maximum absolute atomic E-state index is 14.4. The molecule has 13 heteroatoms. The van der Waals surface area contributed by atoms with Gasteiger partial charge < -0.3 is 19.5 Å². The Labute approximate surface area is 291 Å². The van der Waals surface area contributed by atoms with E-state index in [-0.39, 0.29) is 52.8 Å². The number of sulfonamides is 2. The zero-order valence-corrected chi connectivity index (χ0v) is 30.8. The van der Waals surface area contributed by atoms with Gasteiger partial charge in [0.15, 0.2) is 0 Å². The summed E-state index contributed by atoms with van der Waals surface area (Å²) in [5.41, 5.74) is 2.18. The molecule has 0 bridgehead atoms. The average molecular weight is 716 g/mol. The lowest BCUT2D eigenvalue weighted by Crippen LogP contribution is -2.48. The Bertz CT molecular complexity index is 1780. The van der Waals surface area contributed by atoms with Crippen LogP contribution in [0.2, 0.25) is 0 Å². The molecule has 0 unspecified atom stereocenters. The Morgan fingerprint density at radius 2 is 1.55 bits per heavy atom. The number of amides is 1. The summed E-state index contributed by atoms with van der Waals surface area (Å²) in [4.78, 5) is 16.2. The number of aliphatic hydroxyl groups excluding tert-OH is 1. The van der Waals surface area contributed by atoms with Gasteiger partial charge in [-0.1, -0.05) is 42.3 Å². The van der Waals surface area contributed by atoms with Gasteiger partial charge in [-0.25, -0.2) is 16.8 Å². The number of aryl methyl sites for hydroxylation is 2. The second-order valence-corrected chi connectivity index (χ2v) is 16.8. The lowest BCUT2D eigenvalue weighted by atomic mass is 10.0. The van der Waals surface area contributed by atoms with E-state index in [1.54, 1.807) is 55.5 Å². The molecule has 49 heavy (non-hydrogen) atoms. The molecule has 268 valence electrons. The fourth-order valence-electron chi connectivity index (χ4n) is 5.62. The van der Waals surface area contributed by atoms with Crippen LogP contribution in [0.15, 0.2) is 76.5 Å². The van der Waals surface area contributed by atoms with Crippen molar-refractivity contribution in [3.63, 3.8) is 0 Å². The monoisotopic (exact) mass is 715 g/mol. The number of carbonyl (C=O) groups excluding carboxylic acids is 1. The highest BCUT2D eigenvalue weighted by atomic mass is 32.2. The first-order chi connectivity index (χ1) is 23.1. The molecular weight excluding hydrogens is 667 g/mol. The smallest absolute Gasteiger partial charge is 0.261 e. The van der Waals surface area contributed by atoms with E-state index in [0.29, 0.717) is 25.2 Å². The average Bonchev–Trinajstić information content (AvgIpc) is 3.06. The number of aliphatic hydroxyl groups is 1. The molecule has 0 radical (unpaired) electrons. The van der Waals surface area contributed by atoms with Crippen LogP contribution < -0.4 is 9.46 Å². The van der Waals surface area contributed by atoms with Crippen LogP contribution in [0.5, 0.6) is 5.75 Å². The Morgan fingerprint density at radius 3 is 2.16 bits per heavy atom. The van der Waals surface area contributed by atoms with Crippen molar-refractivity contribution < 1.29 is 36.2 Å². The van der Waals surface area contributed by atoms with Crippen molar-refractivity contribution in [2.45, 2.75) is 81.9 Å². The minimum atomic E-state index is -3.96. The van der Waals surface area contributed by atoms with Crippen LogP contribution in [0.3, 0.4) is 0 Å². The topological polar surface area (TPSA) is 143 Å². The number of hydrogen-bond donors (Lipinski definition) is 2. The quantitative estimate of drug-likeness (QED) is 0.307. The summed E-state index contributed by atoms with van der Waals surface area (Å²) in [6.07, 6.45) is 1.31. The molecule has 4 atom stereocenters. The largest absolute Gasteiger partial charge is 0.490 e. The molecule has 1 amide bonds. The molecule has 11 nitrogen and oxygen atoms in total. The molecule has 3 aromatic carbocycles. The molecule has 1 aliphatic rings. The third kappa shape index (κ3) is 9.82. The minimum absolute atomic E-state index is 0.0496. The van der Waals surface area contributed by atoms with Crippen LogP contribution in [-0.2, 0) is 24.8 Å². The van der Waals surface area contributed by atoms with Crippen molar-refractivity contribution in [3.8, 4) is 5.75 Å². The summed E-state index contributed by atoms with van der Waals surface area (Å²) in [6.45, 7) is 9.49. The molecule has 1 heterocycles. The zero-order valence-electron chi connectivity index (χ0n) is 29.1. The second kappa shape index (κ2) is 16.5. The van der Waals surface area contributed by atoms with E-state index in [0.717, 1.165) is 17.5 Å². The highest BCUT2D eigenvalue weighted by Gasteiger charge is 2.32. The van der Waals surface area contributed by atoms with Crippen LogP contribution in [-0.4, -0.2) is 88.7 Å². The molecule has 0 saturated heterocycles. The summed E-state index contributed by atoms with van der Waals surface area (Å²) < 4.78 is 69.8. The number of hydrogen-bond acceptors (Lipinski definition) is 8. The molecule has 0 aromatic heterocycles. The van der Waals surface area contributed by atoms with Gasteiger partial charge in [-0.2, -0.15) is 4.31 Å². The van der Waals surface area contributed by atoms with Gasteiger partial charge in [0.1, 0.15) is 5.75 Å². The third-order valence-electron chi connectivity index (χ3n) is 8.80. The lowest BCUT2D eigenvalue weighted by molar-refractivity contribution is -0.00833. The normalized spacial score (nSPS) is 20.6. The number of rotatable bonds is 9. The van der Waals surface area contributed by atoms with Gasteiger partial charge in [0.05, 0.1) is 40.2 Å². The first-order valence-corrected chi connectivity index (χ1v) is 19.5. The Morgan fingerprint density at radius 1 is 0.939 bits per heavy atom. The fraction of sp³-hybridized carbons (Fsp3) is 0.472. The number of fused-ring (bicyclic) bond motifs is 1.